The molecule has 0 saturated heterocycles. The van der Waals surface area contributed by atoms with E-state index in [9.17, 15) is 4.39 Å². The zero-order chi connectivity index (χ0) is 12.3. The van der Waals surface area contributed by atoms with Crippen molar-refractivity contribution in [2.45, 2.75) is 13.0 Å². The molecule has 5 heteroatoms. The highest BCUT2D eigenvalue weighted by Gasteiger charge is 2.09. The fraction of sp³-hybridized carbons (Fsp3) is 0.167. The SMILES string of the molecule is CC(Nc1ccc(F)cc1C#N)c1ccn[nH]1. The summed E-state index contributed by atoms with van der Waals surface area (Å²) in [6.45, 7) is 1.93. The van der Waals surface area contributed by atoms with E-state index in [2.05, 4.69) is 15.5 Å². The molecule has 0 amide bonds. The molecule has 2 aromatic rings. The van der Waals surface area contributed by atoms with Crippen LogP contribution in [0.25, 0.3) is 0 Å². The van der Waals surface area contributed by atoms with Crippen LogP contribution in [0.1, 0.15) is 24.2 Å². The van der Waals surface area contributed by atoms with Gasteiger partial charge in [0.05, 0.1) is 23.0 Å². The van der Waals surface area contributed by atoms with Gasteiger partial charge >= 0.3 is 0 Å². The molecule has 1 aromatic carbocycles. The lowest BCUT2D eigenvalue weighted by molar-refractivity contribution is 0.627. The molecule has 1 aromatic heterocycles. The number of aromatic amines is 1. The average Bonchev–Trinajstić information content (AvgIpc) is 2.85. The van der Waals surface area contributed by atoms with Crippen molar-refractivity contribution in [1.82, 2.24) is 10.2 Å². The molecule has 0 fully saturated rings. The van der Waals surface area contributed by atoms with Gasteiger partial charge in [-0.15, -0.1) is 0 Å². The van der Waals surface area contributed by atoms with Crippen LogP contribution in [0.3, 0.4) is 0 Å². The Labute approximate surface area is 98.1 Å². The summed E-state index contributed by atoms with van der Waals surface area (Å²) >= 11 is 0. The van der Waals surface area contributed by atoms with Crippen LogP contribution in [0.4, 0.5) is 10.1 Å². The van der Waals surface area contributed by atoms with Crippen LogP contribution in [0, 0.1) is 17.1 Å². The fourth-order valence-corrected chi connectivity index (χ4v) is 1.55. The molecule has 0 aliphatic rings. The van der Waals surface area contributed by atoms with Gasteiger partial charge in [-0.2, -0.15) is 10.4 Å². The molecule has 4 nitrogen and oxygen atoms in total. The van der Waals surface area contributed by atoms with E-state index in [1.807, 2.05) is 19.1 Å². The van der Waals surface area contributed by atoms with Gasteiger partial charge in [0.25, 0.3) is 0 Å². The number of aromatic nitrogens is 2. The normalized spacial score (nSPS) is 11.8. The van der Waals surface area contributed by atoms with Crippen LogP contribution in [-0.4, -0.2) is 10.2 Å². The van der Waals surface area contributed by atoms with Crippen molar-refractivity contribution in [3.63, 3.8) is 0 Å². The van der Waals surface area contributed by atoms with Gasteiger partial charge in [0.1, 0.15) is 11.9 Å². The van der Waals surface area contributed by atoms with E-state index in [1.54, 1.807) is 12.3 Å². The summed E-state index contributed by atoms with van der Waals surface area (Å²) in [4.78, 5) is 0. The molecule has 2 rings (SSSR count). The number of rotatable bonds is 3. The van der Waals surface area contributed by atoms with Crippen LogP contribution < -0.4 is 5.32 Å². The van der Waals surface area contributed by atoms with Gasteiger partial charge in [0.15, 0.2) is 0 Å². The van der Waals surface area contributed by atoms with Gasteiger partial charge in [-0.3, -0.25) is 5.10 Å². The third-order valence-electron chi connectivity index (χ3n) is 2.46. The molecule has 17 heavy (non-hydrogen) atoms. The molecule has 0 bridgehead atoms. The number of benzene rings is 1. The summed E-state index contributed by atoms with van der Waals surface area (Å²) in [6, 6.07) is 7.86. The van der Waals surface area contributed by atoms with Gasteiger partial charge in [-0.1, -0.05) is 0 Å². The van der Waals surface area contributed by atoms with Crippen LogP contribution in [-0.2, 0) is 0 Å². The number of anilines is 1. The van der Waals surface area contributed by atoms with Crippen LogP contribution in [0.2, 0.25) is 0 Å². The molecule has 0 saturated carbocycles. The van der Waals surface area contributed by atoms with Gasteiger partial charge in [0, 0.05) is 6.20 Å². The predicted octanol–water partition coefficient (Wildman–Crippen LogP) is 2.59. The van der Waals surface area contributed by atoms with Crippen molar-refractivity contribution in [2.24, 2.45) is 0 Å². The van der Waals surface area contributed by atoms with E-state index < -0.39 is 5.82 Å². The summed E-state index contributed by atoms with van der Waals surface area (Å²) < 4.78 is 12.9. The molecule has 1 unspecified atom stereocenters. The van der Waals surface area contributed by atoms with Crippen molar-refractivity contribution in [2.75, 3.05) is 5.32 Å². The van der Waals surface area contributed by atoms with Gasteiger partial charge < -0.3 is 5.32 Å². The zero-order valence-corrected chi connectivity index (χ0v) is 9.24. The lowest BCUT2D eigenvalue weighted by Crippen LogP contribution is -2.08. The second-order valence-corrected chi connectivity index (χ2v) is 3.68. The van der Waals surface area contributed by atoms with E-state index >= 15 is 0 Å². The Morgan fingerprint density at radius 1 is 1.47 bits per heavy atom. The molecular weight excluding hydrogens is 219 g/mol. The van der Waals surface area contributed by atoms with Gasteiger partial charge in [-0.05, 0) is 31.2 Å². The molecule has 0 spiro atoms. The fourth-order valence-electron chi connectivity index (χ4n) is 1.55. The Balaban J connectivity index is 2.22. The lowest BCUT2D eigenvalue weighted by atomic mass is 10.1. The predicted molar refractivity (Wildman–Crippen MR) is 61.7 cm³/mol. The van der Waals surface area contributed by atoms with E-state index in [0.29, 0.717) is 5.69 Å². The van der Waals surface area contributed by atoms with Crippen molar-refractivity contribution < 1.29 is 4.39 Å². The second kappa shape index (κ2) is 4.66. The Hall–Kier alpha value is -2.35. The van der Waals surface area contributed by atoms with Crippen molar-refractivity contribution in [1.29, 1.82) is 5.26 Å². The lowest BCUT2D eigenvalue weighted by Gasteiger charge is -2.14. The first-order valence-electron chi connectivity index (χ1n) is 5.16. The number of nitriles is 1. The summed E-state index contributed by atoms with van der Waals surface area (Å²) in [5.41, 5.74) is 1.80. The number of nitrogens with zero attached hydrogens (tertiary/aromatic N) is 2. The van der Waals surface area contributed by atoms with Crippen LogP contribution >= 0.6 is 0 Å². The number of hydrogen-bond acceptors (Lipinski definition) is 3. The highest BCUT2D eigenvalue weighted by atomic mass is 19.1. The van der Waals surface area contributed by atoms with E-state index in [1.165, 1.54) is 12.1 Å². The third kappa shape index (κ3) is 2.42. The minimum Gasteiger partial charge on any atom is -0.376 e. The van der Waals surface area contributed by atoms with Crippen molar-refractivity contribution in [3.8, 4) is 6.07 Å². The number of nitrogens with one attached hydrogen (secondary N) is 2. The smallest absolute Gasteiger partial charge is 0.124 e. The molecule has 1 atom stereocenters. The summed E-state index contributed by atoms with van der Waals surface area (Å²) in [6.07, 6.45) is 1.66. The molecule has 0 radical (unpaired) electrons. The number of halogens is 1. The van der Waals surface area contributed by atoms with Gasteiger partial charge in [-0.25, -0.2) is 4.39 Å². The molecule has 2 N–H and O–H groups in total. The van der Waals surface area contributed by atoms with Crippen LogP contribution in [0.5, 0.6) is 0 Å². The minimum absolute atomic E-state index is 0.0324. The van der Waals surface area contributed by atoms with E-state index in [-0.39, 0.29) is 11.6 Å². The highest BCUT2D eigenvalue weighted by molar-refractivity contribution is 5.58. The Morgan fingerprint density at radius 3 is 2.94 bits per heavy atom. The molecule has 0 aliphatic carbocycles. The first-order chi connectivity index (χ1) is 8.20. The molecule has 86 valence electrons. The van der Waals surface area contributed by atoms with E-state index in [0.717, 1.165) is 5.69 Å². The number of hydrogen-bond donors (Lipinski definition) is 2. The van der Waals surface area contributed by atoms with E-state index in [4.69, 9.17) is 5.26 Å². The quantitative estimate of drug-likeness (QED) is 0.851. The summed E-state index contributed by atoms with van der Waals surface area (Å²) in [5, 5.41) is 18.7. The van der Waals surface area contributed by atoms with Crippen LogP contribution in [0.15, 0.2) is 30.5 Å². The Bertz CT molecular complexity index is 542. The first-order valence-corrected chi connectivity index (χ1v) is 5.16. The largest absolute Gasteiger partial charge is 0.376 e. The molecule has 1 heterocycles. The van der Waals surface area contributed by atoms with Gasteiger partial charge in [0.2, 0.25) is 0 Å². The second-order valence-electron chi connectivity index (χ2n) is 3.68. The summed E-state index contributed by atoms with van der Waals surface area (Å²) in [7, 11) is 0. The van der Waals surface area contributed by atoms with Crippen molar-refractivity contribution >= 4 is 5.69 Å². The highest BCUT2D eigenvalue weighted by Crippen LogP contribution is 2.21. The Kier molecular flexibility index (Phi) is 3.06. The molecular formula is C12H11FN4. The standard InChI is InChI=1S/C12H11FN4/c1-8(11-4-5-15-17-11)16-12-3-2-10(13)6-9(12)7-14/h2-6,8,16H,1H3,(H,15,17). The maximum absolute atomic E-state index is 12.9. The topological polar surface area (TPSA) is 64.5 Å². The Morgan fingerprint density at radius 2 is 2.29 bits per heavy atom. The maximum Gasteiger partial charge on any atom is 0.124 e. The molecule has 0 aliphatic heterocycles. The van der Waals surface area contributed by atoms with Crippen molar-refractivity contribution in [3.05, 3.63) is 47.5 Å². The number of H-pyrrole nitrogens is 1. The third-order valence-corrected chi connectivity index (χ3v) is 2.46. The first kappa shape index (κ1) is 11.1. The monoisotopic (exact) mass is 230 g/mol. The minimum atomic E-state index is -0.415. The summed E-state index contributed by atoms with van der Waals surface area (Å²) in [5.74, 6) is -0.415. The average molecular weight is 230 g/mol. The zero-order valence-electron chi connectivity index (χ0n) is 9.24. The maximum atomic E-state index is 12.9.